The Morgan fingerprint density at radius 2 is 1.88 bits per heavy atom. The van der Waals surface area contributed by atoms with Gasteiger partial charge in [0, 0.05) is 29.4 Å². The number of hydrogen-bond acceptors (Lipinski definition) is 7. The fourth-order valence-corrected chi connectivity index (χ4v) is 4.43. The molecule has 2 unspecified atom stereocenters. The van der Waals surface area contributed by atoms with E-state index in [4.69, 9.17) is 9.26 Å². The number of carbonyl (C=O) groups excluding carboxylic acids is 1. The van der Waals surface area contributed by atoms with Crippen LogP contribution >= 0.6 is 0 Å². The van der Waals surface area contributed by atoms with Crippen LogP contribution in [0.4, 0.5) is 4.39 Å². The Morgan fingerprint density at radius 3 is 2.59 bits per heavy atom. The van der Waals surface area contributed by atoms with E-state index < -0.39 is 23.6 Å². The molecular formula is C26H27FN4O3. The minimum atomic E-state index is -0.735. The second-order valence-electron chi connectivity index (χ2n) is 8.46. The Morgan fingerprint density at radius 1 is 1.12 bits per heavy atom. The van der Waals surface area contributed by atoms with Crippen molar-refractivity contribution in [2.45, 2.75) is 32.9 Å². The van der Waals surface area contributed by atoms with E-state index in [1.807, 2.05) is 32.2 Å². The molecule has 3 aromatic rings. The van der Waals surface area contributed by atoms with Crippen molar-refractivity contribution in [3.05, 3.63) is 89.0 Å². The summed E-state index contributed by atoms with van der Waals surface area (Å²) in [5.74, 6) is -1.39. The van der Waals surface area contributed by atoms with Crippen LogP contribution in [0.25, 0.3) is 5.57 Å². The topological polar surface area (TPSA) is 80.8 Å². The first-order chi connectivity index (χ1) is 16.4. The molecule has 0 saturated carbocycles. The molecule has 1 aromatic heterocycles. The summed E-state index contributed by atoms with van der Waals surface area (Å²) in [4.78, 5) is 24.0. The Bertz CT molecular complexity index is 1240. The maximum atomic E-state index is 14.2. The first-order valence-electron chi connectivity index (χ1n) is 11.0. The molecule has 0 fully saturated rings. The van der Waals surface area contributed by atoms with Crippen LogP contribution in [0, 0.1) is 11.7 Å². The van der Waals surface area contributed by atoms with Crippen molar-refractivity contribution in [3.8, 4) is 0 Å². The first kappa shape index (κ1) is 23.5. The lowest BCUT2D eigenvalue weighted by Gasteiger charge is -2.30. The molecule has 2 heterocycles. The van der Waals surface area contributed by atoms with Crippen molar-refractivity contribution in [2.24, 2.45) is 10.9 Å². The summed E-state index contributed by atoms with van der Waals surface area (Å²) in [6, 6.07) is 16.3. The van der Waals surface area contributed by atoms with Gasteiger partial charge in [0.05, 0.1) is 13.7 Å². The lowest BCUT2D eigenvalue weighted by Crippen LogP contribution is -2.33. The number of ether oxygens (including phenoxy) is 1. The predicted octanol–water partition coefficient (Wildman–Crippen LogP) is 4.62. The van der Waals surface area contributed by atoms with Crippen LogP contribution in [0.15, 0.2) is 69.8 Å². The van der Waals surface area contributed by atoms with Crippen LogP contribution in [0.2, 0.25) is 0 Å². The van der Waals surface area contributed by atoms with Crippen LogP contribution < -0.4 is 0 Å². The molecule has 0 bridgehead atoms. The van der Waals surface area contributed by atoms with Gasteiger partial charge in [-0.1, -0.05) is 47.6 Å². The fraction of sp³-hybridized carbons (Fsp3) is 0.308. The molecule has 8 heteroatoms. The van der Waals surface area contributed by atoms with Crippen molar-refractivity contribution in [1.29, 1.82) is 0 Å². The number of hydrogen-bond donors (Lipinski definition) is 0. The van der Waals surface area contributed by atoms with Crippen molar-refractivity contribution in [3.63, 3.8) is 0 Å². The van der Waals surface area contributed by atoms with Gasteiger partial charge in [0.15, 0.2) is 5.82 Å². The van der Waals surface area contributed by atoms with E-state index in [2.05, 4.69) is 32.2 Å². The number of nitrogens with zero attached hydrogens (tertiary/aromatic N) is 4. The minimum Gasteiger partial charge on any atom is -0.468 e. The second kappa shape index (κ2) is 10.1. The fourth-order valence-electron chi connectivity index (χ4n) is 4.43. The van der Waals surface area contributed by atoms with Gasteiger partial charge in [-0.3, -0.25) is 14.7 Å². The lowest BCUT2D eigenvalue weighted by atomic mass is 9.75. The van der Waals surface area contributed by atoms with Gasteiger partial charge in [-0.15, -0.1) is 0 Å². The molecule has 0 spiro atoms. The van der Waals surface area contributed by atoms with Crippen LogP contribution in [-0.4, -0.2) is 40.9 Å². The van der Waals surface area contributed by atoms with Gasteiger partial charge >= 0.3 is 5.97 Å². The van der Waals surface area contributed by atoms with Gasteiger partial charge < -0.3 is 9.26 Å². The molecule has 2 atom stereocenters. The van der Waals surface area contributed by atoms with Crippen molar-refractivity contribution in [2.75, 3.05) is 14.2 Å². The first-order valence-corrected chi connectivity index (χ1v) is 11.0. The number of methoxy groups -OCH3 is 1. The van der Waals surface area contributed by atoms with Gasteiger partial charge in [-0.25, -0.2) is 4.39 Å². The lowest BCUT2D eigenvalue weighted by molar-refractivity contribution is -0.143. The SMILES string of the molecule is COC(=O)C1C(C)=NC(C)=C(c2nc(CN(C)Cc3ccccc3)no2)C1c1cccc(F)c1. The van der Waals surface area contributed by atoms with E-state index in [0.29, 0.717) is 34.9 Å². The molecule has 0 aliphatic carbocycles. The highest BCUT2D eigenvalue weighted by Gasteiger charge is 2.41. The normalized spacial score (nSPS) is 18.2. The van der Waals surface area contributed by atoms with Gasteiger partial charge in [0.1, 0.15) is 11.7 Å². The largest absolute Gasteiger partial charge is 0.468 e. The number of rotatable bonds is 7. The monoisotopic (exact) mass is 462 g/mol. The molecule has 34 heavy (non-hydrogen) atoms. The third-order valence-electron chi connectivity index (χ3n) is 5.90. The average molecular weight is 463 g/mol. The summed E-state index contributed by atoms with van der Waals surface area (Å²) in [5, 5.41) is 4.16. The molecule has 1 aliphatic rings. The number of benzene rings is 2. The third kappa shape index (κ3) is 4.97. The molecule has 176 valence electrons. The Hall–Kier alpha value is -3.65. The zero-order valence-corrected chi connectivity index (χ0v) is 19.7. The number of carbonyl (C=O) groups is 1. The average Bonchev–Trinajstić information content (AvgIpc) is 3.26. The Kier molecular flexibility index (Phi) is 6.98. The molecule has 2 aromatic carbocycles. The van der Waals surface area contributed by atoms with E-state index >= 15 is 0 Å². The Labute approximate surface area is 198 Å². The standard InChI is InChI=1S/C26H27FN4O3/c1-16-22(25-29-21(30-34-25)15-31(3)14-18-9-6-5-7-10-18)24(19-11-8-12-20(27)13-19)23(17(2)28-16)26(32)33-4/h5-13,23-24H,14-15H2,1-4H3. The molecule has 0 N–H and O–H groups in total. The highest BCUT2D eigenvalue weighted by atomic mass is 19.1. The zero-order chi connectivity index (χ0) is 24.2. The van der Waals surface area contributed by atoms with Gasteiger partial charge in [0.2, 0.25) is 0 Å². The molecule has 7 nitrogen and oxygen atoms in total. The van der Waals surface area contributed by atoms with Crippen molar-refractivity contribution >= 4 is 17.3 Å². The summed E-state index contributed by atoms with van der Waals surface area (Å²) in [5.41, 5.74) is 3.61. The number of aliphatic imine (C=N–C) groups is 1. The number of halogens is 1. The molecule has 0 amide bonds. The summed E-state index contributed by atoms with van der Waals surface area (Å²) >= 11 is 0. The van der Waals surface area contributed by atoms with Crippen molar-refractivity contribution in [1.82, 2.24) is 15.0 Å². The zero-order valence-electron chi connectivity index (χ0n) is 19.7. The highest BCUT2D eigenvalue weighted by Crippen LogP contribution is 2.44. The smallest absolute Gasteiger partial charge is 0.315 e. The van der Waals surface area contributed by atoms with Crippen LogP contribution in [-0.2, 0) is 22.6 Å². The Balaban J connectivity index is 1.67. The quantitative estimate of drug-likeness (QED) is 0.477. The summed E-state index contributed by atoms with van der Waals surface area (Å²) in [7, 11) is 3.31. The van der Waals surface area contributed by atoms with Gasteiger partial charge in [0.25, 0.3) is 5.89 Å². The van der Waals surface area contributed by atoms with Gasteiger partial charge in [-0.2, -0.15) is 4.98 Å². The highest BCUT2D eigenvalue weighted by molar-refractivity contribution is 6.06. The van der Waals surface area contributed by atoms with Crippen LogP contribution in [0.1, 0.15) is 42.6 Å². The van der Waals surface area contributed by atoms with E-state index in [1.165, 1.54) is 24.8 Å². The number of aromatic nitrogens is 2. The predicted molar refractivity (Wildman–Crippen MR) is 126 cm³/mol. The minimum absolute atomic E-state index is 0.264. The number of allylic oxidation sites excluding steroid dienone is 2. The van der Waals surface area contributed by atoms with E-state index in [0.717, 1.165) is 6.54 Å². The number of esters is 1. The van der Waals surface area contributed by atoms with Crippen LogP contribution in [0.5, 0.6) is 0 Å². The third-order valence-corrected chi connectivity index (χ3v) is 5.90. The van der Waals surface area contributed by atoms with E-state index in [9.17, 15) is 9.18 Å². The second-order valence-corrected chi connectivity index (χ2v) is 8.46. The molecule has 0 saturated heterocycles. The van der Waals surface area contributed by atoms with Crippen LogP contribution in [0.3, 0.4) is 0 Å². The molecule has 4 rings (SSSR count). The summed E-state index contributed by atoms with van der Waals surface area (Å²) in [6.07, 6.45) is 0. The van der Waals surface area contributed by atoms with E-state index in [1.54, 1.807) is 19.1 Å². The molecular weight excluding hydrogens is 435 g/mol. The van der Waals surface area contributed by atoms with Gasteiger partial charge in [-0.05, 0) is 44.2 Å². The molecule has 0 radical (unpaired) electrons. The maximum Gasteiger partial charge on any atom is 0.315 e. The van der Waals surface area contributed by atoms with E-state index in [-0.39, 0.29) is 5.89 Å². The summed E-state index contributed by atoms with van der Waals surface area (Å²) in [6.45, 7) is 4.79. The maximum absolute atomic E-state index is 14.2. The molecule has 1 aliphatic heterocycles. The summed E-state index contributed by atoms with van der Waals surface area (Å²) < 4.78 is 24.9. The van der Waals surface area contributed by atoms with Crippen molar-refractivity contribution < 1.29 is 18.4 Å².